The first-order valence-electron chi connectivity index (χ1n) is 9.07. The van der Waals surface area contributed by atoms with Gasteiger partial charge in [-0.25, -0.2) is 4.79 Å². The number of carbonyl (C=O) groups excluding carboxylic acids is 1. The quantitative estimate of drug-likeness (QED) is 0.471. The first-order chi connectivity index (χ1) is 13.0. The average molecular weight is 423 g/mol. The molecule has 0 fully saturated rings. The minimum Gasteiger partial charge on any atom is -0.465 e. The van der Waals surface area contributed by atoms with Gasteiger partial charge in [0.2, 0.25) is 0 Å². The molecule has 2 N–H and O–H groups in total. The van der Waals surface area contributed by atoms with Crippen LogP contribution in [0.2, 0.25) is 5.02 Å². The minimum atomic E-state index is -0.308. The summed E-state index contributed by atoms with van der Waals surface area (Å²) in [5.74, 6) is -0.308. The molecule has 7 heteroatoms. The number of thiocarbonyl (C=S) groups is 1. The Bertz CT molecular complexity index is 864. The Kier molecular flexibility index (Phi) is 6.73. The van der Waals surface area contributed by atoms with Gasteiger partial charge < -0.3 is 15.4 Å². The van der Waals surface area contributed by atoms with Gasteiger partial charge >= 0.3 is 5.97 Å². The van der Waals surface area contributed by atoms with Gasteiger partial charge in [0.05, 0.1) is 12.7 Å². The van der Waals surface area contributed by atoms with E-state index >= 15 is 0 Å². The Morgan fingerprint density at radius 2 is 1.93 bits per heavy atom. The van der Waals surface area contributed by atoms with Crippen LogP contribution in [0.5, 0.6) is 0 Å². The standard InChI is InChI=1S/C20H23ClN2O2S2/c1-12-14(21)9-7-10-15(12)22-20(26)23-18-17(19(24)25-2)13-8-5-3-4-6-11-16(13)27-18/h7,9-10H,3-6,8,11H2,1-2H3,(H2,22,23,26). The molecule has 0 bridgehead atoms. The molecule has 0 amide bonds. The fraction of sp³-hybridized carbons (Fsp3) is 0.400. The number of ether oxygens (including phenoxy) is 1. The van der Waals surface area contributed by atoms with E-state index in [9.17, 15) is 4.79 Å². The second kappa shape index (κ2) is 9.04. The summed E-state index contributed by atoms with van der Waals surface area (Å²) in [7, 11) is 1.42. The van der Waals surface area contributed by atoms with Gasteiger partial charge in [0.15, 0.2) is 5.11 Å². The predicted octanol–water partition coefficient (Wildman–Crippen LogP) is 5.96. The van der Waals surface area contributed by atoms with Gasteiger partial charge in [-0.05, 0) is 68.1 Å². The molecule has 1 aliphatic rings. The zero-order valence-corrected chi connectivity index (χ0v) is 17.9. The number of methoxy groups -OCH3 is 1. The van der Waals surface area contributed by atoms with Crippen molar-refractivity contribution in [1.29, 1.82) is 0 Å². The highest BCUT2D eigenvalue weighted by atomic mass is 35.5. The van der Waals surface area contributed by atoms with Crippen LogP contribution in [0.4, 0.5) is 10.7 Å². The summed E-state index contributed by atoms with van der Waals surface area (Å²) in [5, 5.41) is 8.26. The second-order valence-electron chi connectivity index (χ2n) is 6.61. The second-order valence-corrected chi connectivity index (χ2v) is 8.53. The molecule has 1 heterocycles. The molecule has 0 atom stereocenters. The van der Waals surface area contributed by atoms with Gasteiger partial charge in [0.1, 0.15) is 5.00 Å². The molecule has 4 nitrogen and oxygen atoms in total. The predicted molar refractivity (Wildman–Crippen MR) is 118 cm³/mol. The SMILES string of the molecule is COC(=O)c1c(NC(=S)Nc2cccc(Cl)c2C)sc2c1CCCCCC2. The maximum absolute atomic E-state index is 12.5. The van der Waals surface area contributed by atoms with Gasteiger partial charge in [-0.3, -0.25) is 0 Å². The topological polar surface area (TPSA) is 50.4 Å². The summed E-state index contributed by atoms with van der Waals surface area (Å²) in [5.41, 5.74) is 3.52. The zero-order chi connectivity index (χ0) is 19.4. The zero-order valence-electron chi connectivity index (χ0n) is 15.5. The number of halogens is 1. The van der Waals surface area contributed by atoms with Crippen molar-refractivity contribution < 1.29 is 9.53 Å². The smallest absolute Gasteiger partial charge is 0.341 e. The summed E-state index contributed by atoms with van der Waals surface area (Å²) in [6.07, 6.45) is 6.59. The van der Waals surface area contributed by atoms with E-state index < -0.39 is 0 Å². The van der Waals surface area contributed by atoms with Gasteiger partial charge in [0, 0.05) is 15.6 Å². The van der Waals surface area contributed by atoms with Gasteiger partial charge in [0.25, 0.3) is 0 Å². The third-order valence-electron chi connectivity index (χ3n) is 4.80. The normalized spacial score (nSPS) is 13.9. The lowest BCUT2D eigenvalue weighted by Crippen LogP contribution is -2.20. The third kappa shape index (κ3) is 4.62. The number of hydrogen-bond donors (Lipinski definition) is 2. The van der Waals surface area contributed by atoms with Crippen LogP contribution >= 0.6 is 35.2 Å². The molecule has 0 saturated carbocycles. The van der Waals surface area contributed by atoms with E-state index in [4.69, 9.17) is 28.6 Å². The van der Waals surface area contributed by atoms with Crippen LogP contribution in [-0.4, -0.2) is 18.2 Å². The van der Waals surface area contributed by atoms with Crippen molar-refractivity contribution >= 4 is 56.9 Å². The fourth-order valence-electron chi connectivity index (χ4n) is 3.33. The van der Waals surface area contributed by atoms with Gasteiger partial charge in [-0.2, -0.15) is 0 Å². The van der Waals surface area contributed by atoms with Crippen LogP contribution in [0.15, 0.2) is 18.2 Å². The number of nitrogens with one attached hydrogen (secondary N) is 2. The van der Waals surface area contributed by atoms with Crippen LogP contribution in [-0.2, 0) is 17.6 Å². The molecule has 2 aromatic rings. The van der Waals surface area contributed by atoms with Crippen molar-refractivity contribution in [1.82, 2.24) is 0 Å². The van der Waals surface area contributed by atoms with E-state index in [0.29, 0.717) is 15.7 Å². The summed E-state index contributed by atoms with van der Waals surface area (Å²) in [4.78, 5) is 13.7. The Morgan fingerprint density at radius 3 is 2.67 bits per heavy atom. The Labute approximate surface area is 174 Å². The number of rotatable bonds is 3. The summed E-state index contributed by atoms with van der Waals surface area (Å²) in [6, 6.07) is 5.63. The number of carbonyl (C=O) groups is 1. The van der Waals surface area contributed by atoms with E-state index in [1.807, 2.05) is 25.1 Å². The lowest BCUT2D eigenvalue weighted by atomic mass is 9.96. The number of hydrogen-bond acceptors (Lipinski definition) is 4. The van der Waals surface area contributed by atoms with Crippen molar-refractivity contribution in [3.05, 3.63) is 44.8 Å². The molecule has 144 valence electrons. The third-order valence-corrected chi connectivity index (χ3v) is 6.62. The van der Waals surface area contributed by atoms with Crippen molar-refractivity contribution in [2.75, 3.05) is 17.7 Å². The van der Waals surface area contributed by atoms with Crippen LogP contribution < -0.4 is 10.6 Å². The highest BCUT2D eigenvalue weighted by Gasteiger charge is 2.25. The van der Waals surface area contributed by atoms with E-state index in [1.165, 1.54) is 24.8 Å². The number of esters is 1. The van der Waals surface area contributed by atoms with Crippen molar-refractivity contribution in [3.63, 3.8) is 0 Å². The fourth-order valence-corrected chi connectivity index (χ4v) is 5.06. The maximum Gasteiger partial charge on any atom is 0.341 e. The molecule has 0 spiro atoms. The number of fused-ring (bicyclic) bond motifs is 1. The molecule has 0 radical (unpaired) electrons. The maximum atomic E-state index is 12.5. The van der Waals surface area contributed by atoms with Crippen LogP contribution in [0.3, 0.4) is 0 Å². The lowest BCUT2D eigenvalue weighted by Gasteiger charge is -2.13. The number of anilines is 2. The minimum absolute atomic E-state index is 0.308. The highest BCUT2D eigenvalue weighted by Crippen LogP contribution is 2.37. The Hall–Kier alpha value is -1.63. The molecular formula is C20H23ClN2O2S2. The molecule has 0 aliphatic heterocycles. The monoisotopic (exact) mass is 422 g/mol. The van der Waals surface area contributed by atoms with Crippen molar-refractivity contribution in [2.24, 2.45) is 0 Å². The average Bonchev–Trinajstić information content (AvgIpc) is 2.94. The van der Waals surface area contributed by atoms with Crippen LogP contribution in [0.1, 0.15) is 52.0 Å². The van der Waals surface area contributed by atoms with Crippen LogP contribution in [0.25, 0.3) is 0 Å². The largest absolute Gasteiger partial charge is 0.465 e. The number of thiophene rings is 1. The summed E-state index contributed by atoms with van der Waals surface area (Å²) < 4.78 is 5.05. The number of aryl methyl sites for hydroxylation is 1. The highest BCUT2D eigenvalue weighted by molar-refractivity contribution is 7.80. The Balaban J connectivity index is 1.87. The summed E-state index contributed by atoms with van der Waals surface area (Å²) in [6.45, 7) is 1.93. The lowest BCUT2D eigenvalue weighted by molar-refractivity contribution is 0.0601. The Morgan fingerprint density at radius 1 is 1.19 bits per heavy atom. The summed E-state index contributed by atoms with van der Waals surface area (Å²) >= 11 is 13.3. The van der Waals surface area contributed by atoms with Crippen molar-refractivity contribution in [3.8, 4) is 0 Å². The molecular weight excluding hydrogens is 400 g/mol. The first kappa shape index (κ1) is 20.1. The molecule has 1 aromatic heterocycles. The molecule has 1 aliphatic carbocycles. The van der Waals surface area contributed by atoms with Gasteiger partial charge in [-0.15, -0.1) is 11.3 Å². The molecule has 0 saturated heterocycles. The number of benzene rings is 1. The molecule has 0 unspecified atom stereocenters. The van der Waals surface area contributed by atoms with E-state index in [-0.39, 0.29) is 5.97 Å². The van der Waals surface area contributed by atoms with E-state index in [2.05, 4.69) is 10.6 Å². The first-order valence-corrected chi connectivity index (χ1v) is 10.7. The van der Waals surface area contributed by atoms with Crippen LogP contribution in [0, 0.1) is 6.92 Å². The van der Waals surface area contributed by atoms with Crippen molar-refractivity contribution in [2.45, 2.75) is 45.4 Å². The van der Waals surface area contributed by atoms with Gasteiger partial charge in [-0.1, -0.05) is 30.5 Å². The molecule has 1 aromatic carbocycles. The van der Waals surface area contributed by atoms with E-state index in [0.717, 1.165) is 47.5 Å². The molecule has 3 rings (SSSR count). The molecule has 27 heavy (non-hydrogen) atoms. The van der Waals surface area contributed by atoms with E-state index in [1.54, 1.807) is 11.3 Å².